The van der Waals surface area contributed by atoms with Gasteiger partial charge < -0.3 is 16.0 Å². The number of benzene rings is 2. The summed E-state index contributed by atoms with van der Waals surface area (Å²) in [6.45, 7) is 1.52. The molecule has 27 heavy (non-hydrogen) atoms. The second-order valence-corrected chi connectivity index (χ2v) is 7.08. The van der Waals surface area contributed by atoms with Crippen molar-refractivity contribution in [1.82, 2.24) is 10.2 Å². The fraction of sp³-hybridized carbons (Fsp3) is 0.364. The molecule has 0 saturated carbocycles. The summed E-state index contributed by atoms with van der Waals surface area (Å²) in [5.74, 6) is -0.302. The Balaban J connectivity index is 1.67. The molecule has 0 radical (unpaired) electrons. The minimum absolute atomic E-state index is 0.0170. The number of hydrogen-bond donors (Lipinski definition) is 2. The van der Waals surface area contributed by atoms with E-state index in [2.05, 4.69) is 5.32 Å². The van der Waals surface area contributed by atoms with E-state index in [1.807, 2.05) is 65.6 Å². The van der Waals surface area contributed by atoms with Crippen molar-refractivity contribution in [2.45, 2.75) is 37.8 Å². The SMILES string of the molecule is N[C@@H](Cc1ccccc1)C(=O)N[C@@H](Cc1ccccc1)C(=O)N1CCCC1. The van der Waals surface area contributed by atoms with Crippen molar-refractivity contribution in [3.8, 4) is 0 Å². The van der Waals surface area contributed by atoms with Crippen LogP contribution in [-0.2, 0) is 22.4 Å². The molecule has 2 aromatic carbocycles. The van der Waals surface area contributed by atoms with Crippen LogP contribution in [0, 0.1) is 0 Å². The highest BCUT2D eigenvalue weighted by Gasteiger charge is 2.29. The lowest BCUT2D eigenvalue weighted by molar-refractivity contribution is -0.135. The fourth-order valence-corrected chi connectivity index (χ4v) is 3.45. The van der Waals surface area contributed by atoms with Crippen molar-refractivity contribution in [3.63, 3.8) is 0 Å². The Morgan fingerprint density at radius 2 is 1.41 bits per heavy atom. The monoisotopic (exact) mass is 365 g/mol. The molecule has 2 atom stereocenters. The van der Waals surface area contributed by atoms with Crippen LogP contribution in [0.5, 0.6) is 0 Å². The Labute approximate surface area is 160 Å². The topological polar surface area (TPSA) is 75.4 Å². The summed E-state index contributed by atoms with van der Waals surface area (Å²) in [5.41, 5.74) is 8.13. The van der Waals surface area contributed by atoms with Gasteiger partial charge in [-0.1, -0.05) is 60.7 Å². The zero-order valence-corrected chi connectivity index (χ0v) is 15.5. The summed E-state index contributed by atoms with van der Waals surface area (Å²) in [4.78, 5) is 27.4. The van der Waals surface area contributed by atoms with Crippen LogP contribution in [-0.4, -0.2) is 41.9 Å². The van der Waals surface area contributed by atoms with E-state index >= 15 is 0 Å². The summed E-state index contributed by atoms with van der Waals surface area (Å²) in [6.07, 6.45) is 2.96. The van der Waals surface area contributed by atoms with Gasteiger partial charge in [0.05, 0.1) is 6.04 Å². The summed E-state index contributed by atoms with van der Waals surface area (Å²) in [5, 5.41) is 2.91. The molecule has 0 unspecified atom stereocenters. The number of amides is 2. The molecule has 5 heteroatoms. The largest absolute Gasteiger partial charge is 0.343 e. The summed E-state index contributed by atoms with van der Waals surface area (Å²) < 4.78 is 0. The molecule has 0 bridgehead atoms. The average Bonchev–Trinajstić information content (AvgIpc) is 3.23. The maximum atomic E-state index is 12.9. The number of carbonyl (C=O) groups excluding carboxylic acids is 2. The fourth-order valence-electron chi connectivity index (χ4n) is 3.45. The number of rotatable bonds is 7. The lowest BCUT2D eigenvalue weighted by Gasteiger charge is -2.25. The third kappa shape index (κ3) is 5.41. The zero-order chi connectivity index (χ0) is 19.1. The van der Waals surface area contributed by atoms with Crippen molar-refractivity contribution in [3.05, 3.63) is 71.8 Å². The first-order valence-electron chi connectivity index (χ1n) is 9.56. The van der Waals surface area contributed by atoms with Gasteiger partial charge in [-0.15, -0.1) is 0 Å². The highest BCUT2D eigenvalue weighted by atomic mass is 16.2. The highest BCUT2D eigenvalue weighted by Crippen LogP contribution is 2.12. The Morgan fingerprint density at radius 1 is 0.889 bits per heavy atom. The normalized spacial score (nSPS) is 16.0. The minimum Gasteiger partial charge on any atom is -0.343 e. The molecular formula is C22H27N3O2. The van der Waals surface area contributed by atoms with Crippen LogP contribution in [0.15, 0.2) is 60.7 Å². The van der Waals surface area contributed by atoms with E-state index < -0.39 is 12.1 Å². The smallest absolute Gasteiger partial charge is 0.245 e. The first-order valence-corrected chi connectivity index (χ1v) is 9.56. The van der Waals surface area contributed by atoms with Crippen LogP contribution in [0.4, 0.5) is 0 Å². The molecule has 3 N–H and O–H groups in total. The van der Waals surface area contributed by atoms with Gasteiger partial charge in [0.25, 0.3) is 0 Å². The van der Waals surface area contributed by atoms with Gasteiger partial charge in [0.15, 0.2) is 0 Å². The zero-order valence-electron chi connectivity index (χ0n) is 15.5. The Kier molecular flexibility index (Phi) is 6.60. The molecule has 1 saturated heterocycles. The van der Waals surface area contributed by atoms with Gasteiger partial charge in [0.2, 0.25) is 11.8 Å². The predicted molar refractivity (Wildman–Crippen MR) is 106 cm³/mol. The van der Waals surface area contributed by atoms with Crippen molar-refractivity contribution in [2.75, 3.05) is 13.1 Å². The number of likely N-dealkylation sites (tertiary alicyclic amines) is 1. The van der Waals surface area contributed by atoms with E-state index in [4.69, 9.17) is 5.73 Å². The summed E-state index contributed by atoms with van der Waals surface area (Å²) in [6, 6.07) is 18.2. The molecule has 2 aromatic rings. The number of nitrogens with one attached hydrogen (secondary N) is 1. The molecule has 1 aliphatic heterocycles. The number of nitrogens with two attached hydrogens (primary N) is 1. The second kappa shape index (κ2) is 9.33. The molecule has 5 nitrogen and oxygen atoms in total. The molecule has 142 valence electrons. The third-order valence-corrected chi connectivity index (χ3v) is 4.95. The van der Waals surface area contributed by atoms with Gasteiger partial charge >= 0.3 is 0 Å². The molecular weight excluding hydrogens is 338 g/mol. The van der Waals surface area contributed by atoms with Crippen molar-refractivity contribution in [1.29, 1.82) is 0 Å². The van der Waals surface area contributed by atoms with Crippen molar-refractivity contribution in [2.24, 2.45) is 5.73 Å². The minimum atomic E-state index is -0.683. The maximum Gasteiger partial charge on any atom is 0.245 e. The van der Waals surface area contributed by atoms with E-state index in [1.54, 1.807) is 0 Å². The number of carbonyl (C=O) groups is 2. The van der Waals surface area contributed by atoms with E-state index in [0.717, 1.165) is 37.1 Å². The third-order valence-electron chi connectivity index (χ3n) is 4.95. The summed E-state index contributed by atoms with van der Waals surface area (Å²) in [7, 11) is 0. The standard InChI is InChI=1S/C22H27N3O2/c23-19(15-17-9-3-1-4-10-17)21(26)24-20(16-18-11-5-2-6-12-18)22(27)25-13-7-8-14-25/h1-6,9-12,19-20H,7-8,13-16,23H2,(H,24,26)/t19-,20-/m0/s1. The number of nitrogens with zero attached hydrogens (tertiary/aromatic N) is 1. The molecule has 1 heterocycles. The maximum absolute atomic E-state index is 12.9. The Morgan fingerprint density at radius 3 is 1.96 bits per heavy atom. The van der Waals surface area contributed by atoms with Crippen molar-refractivity contribution < 1.29 is 9.59 Å². The van der Waals surface area contributed by atoms with Crippen LogP contribution in [0.25, 0.3) is 0 Å². The van der Waals surface area contributed by atoms with Gasteiger partial charge in [-0.2, -0.15) is 0 Å². The first-order chi connectivity index (χ1) is 13.1. The summed E-state index contributed by atoms with van der Waals surface area (Å²) >= 11 is 0. The molecule has 0 aliphatic carbocycles. The van der Waals surface area contributed by atoms with Gasteiger partial charge in [-0.05, 0) is 30.4 Å². The molecule has 1 fully saturated rings. The predicted octanol–water partition coefficient (Wildman–Crippen LogP) is 1.91. The van der Waals surface area contributed by atoms with Crippen LogP contribution < -0.4 is 11.1 Å². The van der Waals surface area contributed by atoms with Crippen LogP contribution in [0.1, 0.15) is 24.0 Å². The lowest BCUT2D eigenvalue weighted by atomic mass is 10.0. The Bertz CT molecular complexity index is 743. The Hall–Kier alpha value is -2.66. The highest BCUT2D eigenvalue weighted by molar-refractivity contribution is 5.90. The molecule has 2 amide bonds. The van der Waals surface area contributed by atoms with Gasteiger partial charge in [-0.3, -0.25) is 9.59 Å². The van der Waals surface area contributed by atoms with Crippen LogP contribution in [0.3, 0.4) is 0 Å². The van der Waals surface area contributed by atoms with E-state index in [9.17, 15) is 9.59 Å². The van der Waals surface area contributed by atoms with Crippen LogP contribution >= 0.6 is 0 Å². The van der Waals surface area contributed by atoms with Crippen LogP contribution in [0.2, 0.25) is 0 Å². The first kappa shape index (κ1) is 19.1. The molecule has 1 aliphatic rings. The lowest BCUT2D eigenvalue weighted by Crippen LogP contribution is -2.53. The van der Waals surface area contributed by atoms with E-state index in [-0.39, 0.29) is 11.8 Å². The average molecular weight is 365 g/mol. The second-order valence-electron chi connectivity index (χ2n) is 7.08. The molecule has 0 spiro atoms. The molecule has 0 aromatic heterocycles. The van der Waals surface area contributed by atoms with E-state index in [0.29, 0.717) is 12.8 Å². The quantitative estimate of drug-likeness (QED) is 0.787. The van der Waals surface area contributed by atoms with E-state index in [1.165, 1.54) is 0 Å². The van der Waals surface area contributed by atoms with Gasteiger partial charge in [0, 0.05) is 19.5 Å². The molecule has 3 rings (SSSR count). The van der Waals surface area contributed by atoms with Gasteiger partial charge in [-0.25, -0.2) is 0 Å². The number of hydrogen-bond acceptors (Lipinski definition) is 3. The van der Waals surface area contributed by atoms with Gasteiger partial charge in [0.1, 0.15) is 6.04 Å². The van der Waals surface area contributed by atoms with Crippen molar-refractivity contribution >= 4 is 11.8 Å².